The van der Waals surface area contributed by atoms with Crippen LogP contribution in [-0.4, -0.2) is 173 Å². The number of carbonyl (C=O) groups excluding carboxylic acids is 1. The van der Waals surface area contributed by atoms with Crippen molar-refractivity contribution >= 4 is 276 Å². The fraction of sp³-hybridized carbons (Fsp3) is 0.0795. The van der Waals surface area contributed by atoms with Crippen molar-refractivity contribution in [2.75, 3.05) is 84.7 Å². The van der Waals surface area contributed by atoms with Gasteiger partial charge in [0.25, 0.3) is 23.0 Å². The Morgan fingerprint density at radius 3 is 0.945 bits per heavy atom. The minimum Gasteiger partial charge on any atom is -0.397 e. The highest BCUT2D eigenvalue weighted by Gasteiger charge is 2.23. The van der Waals surface area contributed by atoms with Crippen LogP contribution < -0.4 is 43.0 Å². The smallest absolute Gasteiger partial charge is 0.283 e. The fourth-order valence-electron chi connectivity index (χ4n) is 12.4. The average molecular weight is 2180 g/mol. The Morgan fingerprint density at radius 1 is 0.329 bits per heavy atom. The molecule has 0 saturated carbocycles. The Bertz CT molecular complexity index is 7980. The Hall–Kier alpha value is -16.1. The number of aromatic amines is 6. The van der Waals surface area contributed by atoms with E-state index in [4.69, 9.17) is 48.1 Å². The lowest BCUT2D eigenvalue weighted by molar-refractivity contribution is -0.387. The van der Waals surface area contributed by atoms with Gasteiger partial charge in [-0.1, -0.05) is 106 Å². The summed E-state index contributed by atoms with van der Waals surface area (Å²) in [6, 6.07) is 42.4. The van der Waals surface area contributed by atoms with Gasteiger partial charge in [0.2, 0.25) is 16.9 Å². The summed E-state index contributed by atoms with van der Waals surface area (Å²) in [5.74, 6) is -20.7. The summed E-state index contributed by atoms with van der Waals surface area (Å²) in [7, 11) is 0. The molecular weight excluding hydrogens is 2100 g/mol. The van der Waals surface area contributed by atoms with E-state index in [1.54, 1.807) is 91.5 Å². The number of hydrogen-bond acceptors (Lipinski definition) is 37. The molecule has 0 saturated heterocycles. The molecule has 0 aliphatic rings. The number of aromatic nitrogens is 22. The normalized spacial score (nSPS) is 12.9. The van der Waals surface area contributed by atoms with Gasteiger partial charge in [0, 0.05) is 140 Å². The van der Waals surface area contributed by atoms with Crippen LogP contribution in [0, 0.1) is 42.0 Å². The average Bonchev–Trinajstić information content (AvgIpc) is 1.71. The van der Waals surface area contributed by atoms with Crippen LogP contribution >= 0.6 is 106 Å². The molecule has 13 aromatic heterocycles. The maximum atomic E-state index is 13.6. The second-order valence-electron chi connectivity index (χ2n) is 27.7. The van der Waals surface area contributed by atoms with Crippen molar-refractivity contribution in [2.45, 2.75) is 34.3 Å². The summed E-state index contributed by atoms with van der Waals surface area (Å²) in [4.78, 5) is 83.6. The van der Waals surface area contributed by atoms with Crippen LogP contribution in [0.3, 0.4) is 0 Å². The highest BCUT2D eigenvalue weighted by molar-refractivity contribution is 8.00. The predicted octanol–water partition coefficient (Wildman–Crippen LogP) is 24.8. The first kappa shape index (κ1) is 87.6. The molecule has 1 amide bonds. The summed E-state index contributed by atoms with van der Waals surface area (Å²) in [5.41, 5.74) is 14.4. The van der Waals surface area contributed by atoms with Gasteiger partial charge in [0.15, 0.2) is 57.2 Å². The number of alkyl halides is 7. The molecular formula is C88H68Cl2F9N33O7S7. The molecule has 0 aliphatic heterocycles. The number of H-pyrrole nitrogens is 6. The van der Waals surface area contributed by atoms with E-state index in [2.05, 4.69) is 148 Å². The van der Waals surface area contributed by atoms with E-state index in [0.717, 1.165) is 35.3 Å². The van der Waals surface area contributed by atoms with E-state index in [1.165, 1.54) is 110 Å². The summed E-state index contributed by atoms with van der Waals surface area (Å²) in [6.07, 6.45) is 15.3. The topological polar surface area (TPSA) is 558 Å². The summed E-state index contributed by atoms with van der Waals surface area (Å²) < 4.78 is 217. The van der Waals surface area contributed by atoms with Crippen molar-refractivity contribution in [3.8, 4) is 0 Å². The Morgan fingerprint density at radius 2 is 0.603 bits per heavy atom. The number of carbonyl (C=O) groups is 1. The zero-order valence-electron chi connectivity index (χ0n) is 86.5. The van der Waals surface area contributed by atoms with E-state index in [9.17, 15) is 74.7 Å². The number of hydrogen-bond donors (Lipinski definition) is 14. The molecule has 7 aromatic carbocycles. The molecule has 0 radical (unpaired) electrons. The molecule has 0 unspecified atom stereocenters. The summed E-state index contributed by atoms with van der Waals surface area (Å²) in [5, 5.41) is 94.5. The van der Waals surface area contributed by atoms with E-state index in [0.29, 0.717) is 153 Å². The monoisotopic (exact) mass is 2180 g/mol. The van der Waals surface area contributed by atoms with Crippen LogP contribution in [0.5, 0.6) is 0 Å². The van der Waals surface area contributed by atoms with Gasteiger partial charge in [0.05, 0.1) is 80.9 Å². The molecule has 0 aliphatic carbocycles. The van der Waals surface area contributed by atoms with Gasteiger partial charge in [0.1, 0.15) is 69.9 Å². The number of nitrogen functional groups attached to an aromatic ring is 1. The van der Waals surface area contributed by atoms with Crippen LogP contribution in [0.1, 0.15) is 29.7 Å². The third-order valence-electron chi connectivity index (χ3n) is 18.7. The molecule has 20 aromatic rings. The van der Waals surface area contributed by atoms with Crippen LogP contribution in [0.2, 0.25) is 10.0 Å². The number of amides is 1. The third-order valence-corrected chi connectivity index (χ3v) is 23.9. The van der Waals surface area contributed by atoms with Crippen molar-refractivity contribution in [1.29, 1.82) is 0 Å². The maximum Gasteiger partial charge on any atom is 0.283 e. The number of pyridine rings is 4. The first-order valence-electron chi connectivity index (χ1n) is 47.2. The number of nitrogens with zero attached hydrogens (tertiary/aromatic N) is 19. The number of benzene rings is 7. The van der Waals surface area contributed by atoms with Crippen LogP contribution in [0.4, 0.5) is 137 Å². The van der Waals surface area contributed by atoms with Crippen molar-refractivity contribution in [1.82, 2.24) is 111 Å². The van der Waals surface area contributed by atoms with Gasteiger partial charge in [-0.3, -0.25) is 80.7 Å². The van der Waals surface area contributed by atoms with Gasteiger partial charge in [-0.05, 0) is 158 Å². The zero-order chi connectivity index (χ0) is 116. The Labute approximate surface area is 874 Å². The first-order chi connectivity index (χ1) is 75.5. The molecule has 15 N–H and O–H groups in total. The third kappa shape index (κ3) is 28.1. The highest BCUT2D eigenvalue weighted by atomic mass is 35.5. The predicted molar refractivity (Wildman–Crippen MR) is 551 cm³/mol. The summed E-state index contributed by atoms with van der Waals surface area (Å²) in [6.45, 7) is 0. The number of nitro benzene ring substituents is 3. The van der Waals surface area contributed by atoms with E-state index in [-0.39, 0.29) is 127 Å². The number of anilines is 14. The standard InChI is InChI=1S/C13H10ClFN4S.C13H10F2N4S.C13H10FN5O2S.C13H11FN4O3S.C12H9ClFN5S.C12H9F2N5S.C12H9FN6O2S/c14-9-4-3-8(6-11(9)20-7-15)17-13-12-10(18-19-13)2-1-5-16-12;14-7-20-11-6-8(3-4-9(11)15)17-13-12-10(18-19-13)2-1-5-16-12;14-7-22-11-6-8(3-4-10(11)19(20)21)16-13-12-9(17-18-13)2-1-5-15-12;14-7-22-11-6-8(3-4-10(11)18(20)21)17-13(19)12-9(15)2-1-5-16-12;13-8-2-1-7(5-9(8)20-6-14)17-12-10-11(18-19-12)16-4-3-15-10;13-6-20-9-5-7(1-2-8(9)14)17-12-10-11(18-19-12)16-4-3-15-10;13-6-22-9-5-7(1-2-8(9)19(20)21)16-12-10-11(17-18-12)15-4-3-14-10/h2*1-6H,7H2,(H2,17,18,19);1-6H,7H2,(H2,16,17,18);1-6H,7,15H2,(H,17,19);2*1-5H,6H2,(H2,16,17,18,19);1-5H,6H2,(H2,15,16,17,18)/i4*7D2;3*6D2. The molecule has 0 fully saturated rings. The minimum absolute atomic E-state index is 0.0293. The molecule has 746 valence electrons. The number of nitro groups is 3. The quantitative estimate of drug-likeness (QED) is 0.00830. The lowest BCUT2D eigenvalue weighted by Gasteiger charge is -2.08. The molecule has 0 bridgehead atoms. The number of fused-ring (bicyclic) bond motifs is 6. The molecule has 58 heteroatoms. The Balaban J connectivity index is 0.000000146. The van der Waals surface area contributed by atoms with Crippen molar-refractivity contribution < 1.29 is 78.3 Å². The fourth-order valence-corrected chi connectivity index (χ4v) is 16.1. The maximum absolute atomic E-state index is 13.6. The lowest BCUT2D eigenvalue weighted by atomic mass is 10.2. The number of halogens is 11. The van der Waals surface area contributed by atoms with Crippen LogP contribution in [-0.2, 0) is 0 Å². The van der Waals surface area contributed by atoms with Crippen molar-refractivity contribution in [3.63, 3.8) is 0 Å². The molecule has 20 rings (SSSR count). The van der Waals surface area contributed by atoms with Crippen molar-refractivity contribution in [3.05, 3.63) is 296 Å². The minimum atomic E-state index is -3.21. The SMILES string of the molecule is [2H]C([2H])(F)Sc1cc(NC(=O)c2ncccc2N)ccc1[N+](=O)[O-].[2H]C([2H])(F)Sc1cc(Nc2[nH]nc3nccnc23)ccc1Cl.[2H]C([2H])(F)Sc1cc(Nc2[nH]nc3nccnc23)ccc1F.[2H]C([2H])(F)Sc1cc(Nc2[nH]nc3nccnc23)ccc1[N+](=O)[O-].[2H]C([2H])(F)Sc1cc(Nc2n[nH]c3cccnc23)ccc1Cl.[2H]C([2H])(F)Sc1cc(Nc2n[nH]c3cccnc23)ccc1F.[2H]C([2H])(F)Sc1cc(Nc2n[nH]c3cccnc23)ccc1[N+](=O)[O-]. The van der Waals surface area contributed by atoms with Crippen LogP contribution in [0.15, 0.2) is 272 Å². The van der Waals surface area contributed by atoms with E-state index in [1.807, 2.05) is 12.1 Å². The van der Waals surface area contributed by atoms with Crippen molar-refractivity contribution in [2.24, 2.45) is 0 Å². The number of nitrogens with two attached hydrogens (primary N) is 1. The summed E-state index contributed by atoms with van der Waals surface area (Å²) >= 11 is 13.3. The number of nitrogens with one attached hydrogen (secondary N) is 13. The van der Waals surface area contributed by atoms with Gasteiger partial charge in [-0.15, -0.1) is 0 Å². The molecule has 40 nitrogen and oxygen atoms in total. The van der Waals surface area contributed by atoms with E-state index >= 15 is 0 Å². The van der Waals surface area contributed by atoms with E-state index < -0.39 is 79.7 Å². The second kappa shape index (κ2) is 52.2. The lowest BCUT2D eigenvalue weighted by Crippen LogP contribution is -2.15. The Kier molecular flexibility index (Phi) is 31.4. The highest BCUT2D eigenvalue weighted by Crippen LogP contribution is 2.40. The molecule has 0 spiro atoms. The molecule has 13 heterocycles. The molecule has 146 heavy (non-hydrogen) atoms. The van der Waals surface area contributed by atoms with Crippen LogP contribution in [0.25, 0.3) is 66.6 Å². The van der Waals surface area contributed by atoms with Gasteiger partial charge in [-0.2, -0.15) is 30.6 Å². The first-order valence-corrected chi connectivity index (χ1v) is 46.7. The second-order valence-corrected chi connectivity index (χ2v) is 34.1. The number of thioether (sulfide) groups is 7. The van der Waals surface area contributed by atoms with Gasteiger partial charge >= 0.3 is 0 Å². The largest absolute Gasteiger partial charge is 0.397 e. The number of rotatable bonds is 31. The van der Waals surface area contributed by atoms with Gasteiger partial charge < -0.3 is 43.0 Å². The van der Waals surface area contributed by atoms with Gasteiger partial charge in [-0.25, -0.2) is 74.4 Å². The molecule has 0 atom stereocenters. The zero-order valence-corrected chi connectivity index (χ0v) is 79.7.